The Morgan fingerprint density at radius 1 is 0.278 bits per heavy atom. The fraction of sp³-hybridized carbons (Fsp3) is 0. The van der Waals surface area contributed by atoms with Crippen molar-refractivity contribution in [3.8, 4) is 0 Å². The zero-order valence-corrected chi connectivity index (χ0v) is 39.2. The Bertz CT molecular complexity index is 4080. The lowest BCUT2D eigenvalue weighted by atomic mass is 9.33. The van der Waals surface area contributed by atoms with Crippen LogP contribution in [0.2, 0.25) is 0 Å². The highest BCUT2D eigenvalue weighted by Gasteiger charge is 2.44. The van der Waals surface area contributed by atoms with Gasteiger partial charge in [-0.1, -0.05) is 140 Å². The first-order valence-electron chi connectivity index (χ1n) is 24.8. The molecular weight excluding hydrogens is 874 g/mol. The minimum atomic E-state index is -0.0992. The van der Waals surface area contributed by atoms with E-state index in [0.29, 0.717) is 0 Å². The average Bonchev–Trinajstić information content (AvgIpc) is 3.97. The summed E-state index contributed by atoms with van der Waals surface area (Å²) in [6.07, 6.45) is 0. The standard InChI is InChI=1S/C66H44BN5/c1-6-20-45(21-7-1)68(46-22-8-2-9-23-46)50-36-38-51(39-37-50)70-60-41-40-52(69(47-24-10-3-11-25-47)48-26-12-4-13-27-48)42-57(60)67-58-43-56-55-32-18-31-54-53-30-16-17-33-59(53)72(66(54)55)63(56)44-64(58)71(49-28-14-5-15-29-49)62-35-19-34-61(70)65(62)67/h1-44H. The molecule has 0 saturated heterocycles. The van der Waals surface area contributed by atoms with Crippen molar-refractivity contribution in [3.05, 3.63) is 267 Å². The fourth-order valence-electron chi connectivity index (χ4n) is 12.1. The van der Waals surface area contributed by atoms with Gasteiger partial charge in [0, 0.05) is 89.8 Å². The van der Waals surface area contributed by atoms with Gasteiger partial charge in [0.15, 0.2) is 0 Å². The normalized spacial score (nSPS) is 12.6. The van der Waals surface area contributed by atoms with Crippen LogP contribution in [0.5, 0.6) is 0 Å². The van der Waals surface area contributed by atoms with Gasteiger partial charge in [-0.2, -0.15) is 0 Å². The van der Waals surface area contributed by atoms with Gasteiger partial charge in [0.1, 0.15) is 0 Å². The smallest absolute Gasteiger partial charge is 0.252 e. The van der Waals surface area contributed by atoms with Gasteiger partial charge in [-0.05, 0) is 144 Å². The van der Waals surface area contributed by atoms with E-state index in [1.54, 1.807) is 0 Å². The van der Waals surface area contributed by atoms with Crippen LogP contribution in [0.25, 0.3) is 38.1 Å². The summed E-state index contributed by atoms with van der Waals surface area (Å²) in [6, 6.07) is 97.7. The third-order valence-corrected chi connectivity index (χ3v) is 15.0. The van der Waals surface area contributed by atoms with Crippen molar-refractivity contribution in [2.75, 3.05) is 19.6 Å². The molecule has 2 aliphatic rings. The van der Waals surface area contributed by atoms with Crippen LogP contribution in [-0.4, -0.2) is 11.1 Å². The van der Waals surface area contributed by atoms with Gasteiger partial charge in [-0.3, -0.25) is 0 Å². The van der Waals surface area contributed by atoms with E-state index in [9.17, 15) is 0 Å². The molecule has 2 aromatic heterocycles. The third kappa shape index (κ3) is 6.02. The van der Waals surface area contributed by atoms with Crippen LogP contribution in [-0.2, 0) is 0 Å². The quantitative estimate of drug-likeness (QED) is 0.141. The SMILES string of the molecule is c1ccc(N(c2ccccc2)c2ccc(N3c4ccc(N(c5ccccc5)c5ccccc5)cc4B4c5cc6c7cccc8c9ccccc9n(c6cc5N(c5ccccc5)c5cccc3c54)c87)cc2)cc1. The summed E-state index contributed by atoms with van der Waals surface area (Å²) >= 11 is 0. The molecule has 0 saturated carbocycles. The van der Waals surface area contributed by atoms with Gasteiger partial charge >= 0.3 is 0 Å². The minimum Gasteiger partial charge on any atom is -0.311 e. The maximum Gasteiger partial charge on any atom is 0.252 e. The van der Waals surface area contributed by atoms with Crippen molar-refractivity contribution in [2.24, 2.45) is 0 Å². The highest BCUT2D eigenvalue weighted by atomic mass is 15.2. The summed E-state index contributed by atoms with van der Waals surface area (Å²) < 4.78 is 2.51. The molecule has 0 unspecified atom stereocenters. The van der Waals surface area contributed by atoms with Crippen molar-refractivity contribution in [1.82, 2.24) is 4.40 Å². The van der Waals surface area contributed by atoms with Gasteiger partial charge in [0.05, 0.1) is 16.6 Å². The van der Waals surface area contributed by atoms with Crippen LogP contribution in [0.1, 0.15) is 0 Å². The largest absolute Gasteiger partial charge is 0.311 e. The van der Waals surface area contributed by atoms with Crippen LogP contribution in [0, 0.1) is 0 Å². The molecule has 0 fully saturated rings. The van der Waals surface area contributed by atoms with Crippen LogP contribution in [0.3, 0.4) is 0 Å². The molecule has 11 aromatic carbocycles. The number of nitrogens with zero attached hydrogens (tertiary/aromatic N) is 5. The molecule has 0 bridgehead atoms. The molecule has 0 atom stereocenters. The Morgan fingerprint density at radius 3 is 1.33 bits per heavy atom. The number of para-hydroxylation sites is 7. The molecule has 6 heteroatoms. The number of aromatic nitrogens is 1. The third-order valence-electron chi connectivity index (χ3n) is 15.0. The van der Waals surface area contributed by atoms with E-state index < -0.39 is 0 Å². The molecule has 0 radical (unpaired) electrons. The van der Waals surface area contributed by atoms with E-state index in [2.05, 4.69) is 291 Å². The Morgan fingerprint density at radius 2 is 0.722 bits per heavy atom. The molecule has 0 spiro atoms. The maximum absolute atomic E-state index is 2.54. The maximum atomic E-state index is 2.54. The predicted molar refractivity (Wildman–Crippen MR) is 304 cm³/mol. The molecule has 0 aliphatic carbocycles. The van der Waals surface area contributed by atoms with Crippen molar-refractivity contribution in [1.29, 1.82) is 0 Å². The summed E-state index contributed by atoms with van der Waals surface area (Å²) in [4.78, 5) is 9.74. The van der Waals surface area contributed by atoms with Crippen molar-refractivity contribution in [3.63, 3.8) is 0 Å². The van der Waals surface area contributed by atoms with E-state index in [0.717, 1.165) is 51.2 Å². The number of anilines is 12. The minimum absolute atomic E-state index is 0.0992. The topological polar surface area (TPSA) is 17.4 Å². The number of benzene rings is 11. The molecule has 0 amide bonds. The molecule has 5 nitrogen and oxygen atoms in total. The second kappa shape index (κ2) is 16.0. The van der Waals surface area contributed by atoms with Gasteiger partial charge < -0.3 is 24.0 Å². The van der Waals surface area contributed by atoms with Gasteiger partial charge in [0.2, 0.25) is 0 Å². The van der Waals surface area contributed by atoms with Gasteiger partial charge in [-0.15, -0.1) is 0 Å². The summed E-state index contributed by atoms with van der Waals surface area (Å²) in [5.74, 6) is 0. The van der Waals surface area contributed by atoms with Gasteiger partial charge in [0.25, 0.3) is 6.71 Å². The summed E-state index contributed by atoms with van der Waals surface area (Å²) in [5.41, 5.74) is 21.1. The molecule has 336 valence electrons. The Kier molecular flexibility index (Phi) is 8.99. The molecule has 13 aromatic rings. The zero-order chi connectivity index (χ0) is 47.3. The Hall–Kier alpha value is -9.52. The van der Waals surface area contributed by atoms with E-state index in [1.807, 2.05) is 0 Å². The first-order chi connectivity index (χ1) is 35.8. The molecule has 4 heterocycles. The first kappa shape index (κ1) is 40.4. The van der Waals surface area contributed by atoms with E-state index in [4.69, 9.17) is 0 Å². The van der Waals surface area contributed by atoms with E-state index >= 15 is 0 Å². The van der Waals surface area contributed by atoms with Crippen LogP contribution in [0.15, 0.2) is 267 Å². The second-order valence-electron chi connectivity index (χ2n) is 18.9. The Labute approximate surface area is 418 Å². The highest BCUT2D eigenvalue weighted by molar-refractivity contribution is 7.00. The zero-order valence-electron chi connectivity index (χ0n) is 39.2. The van der Waals surface area contributed by atoms with Crippen LogP contribution in [0.4, 0.5) is 68.2 Å². The highest BCUT2D eigenvalue weighted by Crippen LogP contribution is 2.48. The number of hydrogen-bond donors (Lipinski definition) is 0. The summed E-state index contributed by atoms with van der Waals surface area (Å²) in [7, 11) is 0. The molecular formula is C66H44BN5. The second-order valence-corrected chi connectivity index (χ2v) is 18.9. The predicted octanol–water partition coefficient (Wildman–Crippen LogP) is 15.9. The van der Waals surface area contributed by atoms with Crippen LogP contribution >= 0.6 is 0 Å². The fourth-order valence-corrected chi connectivity index (χ4v) is 12.1. The number of rotatable bonds is 8. The summed E-state index contributed by atoms with van der Waals surface area (Å²) in [6.45, 7) is -0.0992. The molecule has 0 N–H and O–H groups in total. The lowest BCUT2D eigenvalue weighted by molar-refractivity contribution is 1.24. The number of fused-ring (bicyclic) bond motifs is 10. The van der Waals surface area contributed by atoms with Crippen molar-refractivity contribution < 1.29 is 0 Å². The summed E-state index contributed by atoms with van der Waals surface area (Å²) in [5, 5.41) is 5.11. The molecule has 2 aliphatic heterocycles. The first-order valence-corrected chi connectivity index (χ1v) is 24.8. The number of hydrogen-bond acceptors (Lipinski definition) is 4. The molecule has 72 heavy (non-hydrogen) atoms. The Balaban J connectivity index is 1.00. The molecule has 15 rings (SSSR count). The average molecular weight is 918 g/mol. The van der Waals surface area contributed by atoms with Gasteiger partial charge in [-0.25, -0.2) is 0 Å². The van der Waals surface area contributed by atoms with Crippen LogP contribution < -0.4 is 36.0 Å². The van der Waals surface area contributed by atoms with Crippen molar-refractivity contribution >= 4 is 129 Å². The lowest BCUT2D eigenvalue weighted by Crippen LogP contribution is -2.61. The van der Waals surface area contributed by atoms with Crippen molar-refractivity contribution in [2.45, 2.75) is 0 Å². The van der Waals surface area contributed by atoms with E-state index in [-0.39, 0.29) is 6.71 Å². The monoisotopic (exact) mass is 917 g/mol. The lowest BCUT2D eigenvalue weighted by Gasteiger charge is -2.44. The van der Waals surface area contributed by atoms with E-state index in [1.165, 1.54) is 71.5 Å².